The summed E-state index contributed by atoms with van der Waals surface area (Å²) in [5, 5.41) is 3.43. The normalized spacial score (nSPS) is 20.9. The summed E-state index contributed by atoms with van der Waals surface area (Å²) in [5.41, 5.74) is 2.22. The summed E-state index contributed by atoms with van der Waals surface area (Å²) in [6, 6.07) is 10.4. The minimum absolute atomic E-state index is 0.654. The van der Waals surface area contributed by atoms with Crippen molar-refractivity contribution < 1.29 is 4.74 Å². The van der Waals surface area contributed by atoms with E-state index in [2.05, 4.69) is 45.2 Å². The van der Waals surface area contributed by atoms with Crippen molar-refractivity contribution in [3.8, 4) is 0 Å². The number of anilines is 4. The average Bonchev–Trinajstić information content (AvgIpc) is 2.69. The molecule has 6 heteroatoms. The summed E-state index contributed by atoms with van der Waals surface area (Å²) in [7, 11) is 0. The molecular weight excluding hydrogens is 326 g/mol. The maximum atomic E-state index is 5.48. The number of benzene rings is 1. The van der Waals surface area contributed by atoms with Crippen LogP contribution < -0.4 is 15.1 Å². The van der Waals surface area contributed by atoms with E-state index >= 15 is 0 Å². The van der Waals surface area contributed by atoms with Crippen LogP contribution in [0.3, 0.4) is 0 Å². The van der Waals surface area contributed by atoms with Gasteiger partial charge in [-0.2, -0.15) is 4.98 Å². The zero-order valence-electron chi connectivity index (χ0n) is 15.4. The third-order valence-electron chi connectivity index (χ3n) is 5.12. The molecule has 0 amide bonds. The molecule has 26 heavy (non-hydrogen) atoms. The van der Waals surface area contributed by atoms with E-state index in [1.54, 1.807) is 0 Å². The molecule has 2 saturated heterocycles. The molecule has 0 spiro atoms. The van der Waals surface area contributed by atoms with E-state index in [-0.39, 0.29) is 0 Å². The van der Waals surface area contributed by atoms with Crippen LogP contribution >= 0.6 is 0 Å². The number of nitrogens with one attached hydrogen (secondary N) is 1. The number of rotatable bonds is 4. The highest BCUT2D eigenvalue weighted by Crippen LogP contribution is 2.29. The van der Waals surface area contributed by atoms with E-state index < -0.39 is 0 Å². The summed E-state index contributed by atoms with van der Waals surface area (Å²) in [6.45, 7) is 7.81. The van der Waals surface area contributed by atoms with Crippen molar-refractivity contribution in [3.05, 3.63) is 36.5 Å². The second-order valence-electron chi connectivity index (χ2n) is 7.17. The van der Waals surface area contributed by atoms with Crippen molar-refractivity contribution >= 4 is 23.1 Å². The SMILES string of the molecule is CC1CCCN(c2ccnc(Nc3ccccc3N3CCOCC3)n2)C1. The lowest BCUT2D eigenvalue weighted by atomic mass is 10.0. The van der Waals surface area contributed by atoms with Crippen LogP contribution in [0.4, 0.5) is 23.1 Å². The molecule has 1 aromatic heterocycles. The van der Waals surface area contributed by atoms with Gasteiger partial charge in [-0.15, -0.1) is 0 Å². The lowest BCUT2D eigenvalue weighted by Gasteiger charge is -2.32. The molecule has 138 valence electrons. The fourth-order valence-corrected chi connectivity index (χ4v) is 3.76. The highest BCUT2D eigenvalue weighted by Gasteiger charge is 2.19. The largest absolute Gasteiger partial charge is 0.378 e. The third-order valence-corrected chi connectivity index (χ3v) is 5.12. The Morgan fingerprint density at radius 2 is 1.92 bits per heavy atom. The van der Waals surface area contributed by atoms with Crippen LogP contribution in [0.25, 0.3) is 0 Å². The molecule has 1 atom stereocenters. The molecule has 2 aromatic rings. The molecule has 2 aliphatic heterocycles. The zero-order valence-corrected chi connectivity index (χ0v) is 15.4. The molecule has 2 aliphatic rings. The Morgan fingerprint density at radius 1 is 1.08 bits per heavy atom. The first-order valence-electron chi connectivity index (χ1n) is 9.56. The van der Waals surface area contributed by atoms with Crippen LogP contribution in [0, 0.1) is 5.92 Å². The number of nitrogens with zero attached hydrogens (tertiary/aromatic N) is 4. The number of morpholine rings is 1. The van der Waals surface area contributed by atoms with Crippen LogP contribution in [0.1, 0.15) is 19.8 Å². The summed E-state index contributed by atoms with van der Waals surface area (Å²) < 4.78 is 5.48. The van der Waals surface area contributed by atoms with Crippen LogP contribution in [0.15, 0.2) is 36.5 Å². The first-order chi connectivity index (χ1) is 12.8. The first kappa shape index (κ1) is 17.1. The number of aromatic nitrogens is 2. The lowest BCUT2D eigenvalue weighted by molar-refractivity contribution is 0.123. The highest BCUT2D eigenvalue weighted by atomic mass is 16.5. The fraction of sp³-hybridized carbons (Fsp3) is 0.500. The predicted molar refractivity (Wildman–Crippen MR) is 105 cm³/mol. The summed E-state index contributed by atoms with van der Waals surface area (Å²) in [5.74, 6) is 2.39. The number of ether oxygens (including phenoxy) is 1. The second-order valence-corrected chi connectivity index (χ2v) is 7.17. The Balaban J connectivity index is 1.53. The van der Waals surface area contributed by atoms with Crippen molar-refractivity contribution in [3.63, 3.8) is 0 Å². The van der Waals surface area contributed by atoms with Crippen molar-refractivity contribution in [2.24, 2.45) is 5.92 Å². The van der Waals surface area contributed by atoms with Gasteiger partial charge in [-0.1, -0.05) is 19.1 Å². The van der Waals surface area contributed by atoms with E-state index in [0.29, 0.717) is 5.95 Å². The van der Waals surface area contributed by atoms with Gasteiger partial charge in [0.05, 0.1) is 24.6 Å². The fourth-order valence-electron chi connectivity index (χ4n) is 3.76. The van der Waals surface area contributed by atoms with Gasteiger partial charge in [-0.05, 0) is 37.0 Å². The molecule has 0 radical (unpaired) electrons. The molecule has 1 aromatic carbocycles. The minimum Gasteiger partial charge on any atom is -0.378 e. The van der Waals surface area contributed by atoms with Gasteiger partial charge < -0.3 is 19.9 Å². The van der Waals surface area contributed by atoms with Crippen molar-refractivity contribution in [2.75, 3.05) is 54.5 Å². The molecule has 1 N–H and O–H groups in total. The number of piperidine rings is 1. The van der Waals surface area contributed by atoms with Crippen molar-refractivity contribution in [1.29, 1.82) is 0 Å². The summed E-state index contributed by atoms with van der Waals surface area (Å²) >= 11 is 0. The van der Waals surface area contributed by atoms with Crippen molar-refractivity contribution in [2.45, 2.75) is 19.8 Å². The molecule has 4 rings (SSSR count). The van der Waals surface area contributed by atoms with Crippen molar-refractivity contribution in [1.82, 2.24) is 9.97 Å². The summed E-state index contributed by atoms with van der Waals surface area (Å²) in [6.07, 6.45) is 4.38. The van der Waals surface area contributed by atoms with Gasteiger partial charge in [-0.3, -0.25) is 0 Å². The van der Waals surface area contributed by atoms with Gasteiger partial charge in [0.15, 0.2) is 0 Å². The Bertz CT molecular complexity index is 732. The monoisotopic (exact) mass is 353 g/mol. The molecule has 0 bridgehead atoms. The topological polar surface area (TPSA) is 53.5 Å². The highest BCUT2D eigenvalue weighted by molar-refractivity contribution is 5.73. The van der Waals surface area contributed by atoms with E-state index in [1.165, 1.54) is 18.5 Å². The van der Waals surface area contributed by atoms with Crippen LogP contribution in [0.2, 0.25) is 0 Å². The number of hydrogen-bond acceptors (Lipinski definition) is 6. The summed E-state index contributed by atoms with van der Waals surface area (Å²) in [4.78, 5) is 13.9. The standard InChI is InChI=1S/C20H27N5O/c1-16-5-4-10-25(15-16)19-8-9-21-20(23-19)22-17-6-2-3-7-18(17)24-11-13-26-14-12-24/h2-3,6-9,16H,4-5,10-15H2,1H3,(H,21,22,23). The van der Waals surface area contributed by atoms with Gasteiger partial charge in [0.25, 0.3) is 0 Å². The Hall–Kier alpha value is -2.34. The predicted octanol–water partition coefficient (Wildman–Crippen LogP) is 3.29. The van der Waals surface area contributed by atoms with Gasteiger partial charge in [0, 0.05) is 32.4 Å². The van der Waals surface area contributed by atoms with E-state index in [4.69, 9.17) is 9.72 Å². The van der Waals surface area contributed by atoms with Crippen LogP contribution in [-0.2, 0) is 4.74 Å². The lowest BCUT2D eigenvalue weighted by Crippen LogP contribution is -2.36. The van der Waals surface area contributed by atoms with Gasteiger partial charge >= 0.3 is 0 Å². The number of hydrogen-bond donors (Lipinski definition) is 1. The van der Waals surface area contributed by atoms with Crippen LogP contribution in [-0.4, -0.2) is 49.4 Å². The maximum Gasteiger partial charge on any atom is 0.229 e. The first-order valence-corrected chi connectivity index (χ1v) is 9.56. The molecule has 6 nitrogen and oxygen atoms in total. The van der Waals surface area contributed by atoms with E-state index in [9.17, 15) is 0 Å². The second kappa shape index (κ2) is 7.91. The maximum absolute atomic E-state index is 5.48. The molecule has 3 heterocycles. The molecular formula is C20H27N5O. The molecule has 0 saturated carbocycles. The smallest absolute Gasteiger partial charge is 0.229 e. The Labute approximate surface area is 155 Å². The van der Waals surface area contributed by atoms with Gasteiger partial charge in [0.2, 0.25) is 5.95 Å². The van der Waals surface area contributed by atoms with E-state index in [1.807, 2.05) is 18.3 Å². The molecule has 1 unspecified atom stereocenters. The Morgan fingerprint density at radius 3 is 2.77 bits per heavy atom. The van der Waals surface area contributed by atoms with Gasteiger partial charge in [-0.25, -0.2) is 4.98 Å². The average molecular weight is 353 g/mol. The Kier molecular flexibility index (Phi) is 5.20. The quantitative estimate of drug-likeness (QED) is 0.910. The minimum atomic E-state index is 0.654. The third kappa shape index (κ3) is 3.90. The van der Waals surface area contributed by atoms with E-state index in [0.717, 1.165) is 56.8 Å². The molecule has 0 aliphatic carbocycles. The zero-order chi connectivity index (χ0) is 17.8. The number of para-hydroxylation sites is 2. The van der Waals surface area contributed by atoms with Crippen LogP contribution in [0.5, 0.6) is 0 Å². The molecule has 2 fully saturated rings. The van der Waals surface area contributed by atoms with Gasteiger partial charge in [0.1, 0.15) is 5.82 Å².